The molecule has 1 N–H and O–H groups in total. The summed E-state index contributed by atoms with van der Waals surface area (Å²) < 4.78 is 1.87. The molecule has 0 saturated carbocycles. The van der Waals surface area contributed by atoms with Crippen molar-refractivity contribution in [1.29, 1.82) is 0 Å². The summed E-state index contributed by atoms with van der Waals surface area (Å²) in [5.41, 5.74) is 2.09. The highest BCUT2D eigenvalue weighted by Crippen LogP contribution is 2.00. The van der Waals surface area contributed by atoms with Gasteiger partial charge >= 0.3 is 0 Å². The molecular formula is C14H24N2O. The summed E-state index contributed by atoms with van der Waals surface area (Å²) in [6.07, 6.45) is 3.34. The highest BCUT2D eigenvalue weighted by Gasteiger charge is 2.04. The van der Waals surface area contributed by atoms with E-state index in [1.165, 1.54) is 6.42 Å². The predicted octanol–water partition coefficient (Wildman–Crippen LogP) is 2.46. The zero-order valence-electron chi connectivity index (χ0n) is 11.3. The molecule has 3 nitrogen and oxygen atoms in total. The topological polar surface area (TPSA) is 34.0 Å². The van der Waals surface area contributed by atoms with Crippen LogP contribution in [0.2, 0.25) is 0 Å². The molecule has 0 aromatic carbocycles. The molecule has 1 heterocycles. The van der Waals surface area contributed by atoms with Crippen LogP contribution < -0.4 is 10.9 Å². The molecule has 0 saturated heterocycles. The summed E-state index contributed by atoms with van der Waals surface area (Å²) >= 11 is 0. The number of aromatic nitrogens is 1. The average molecular weight is 236 g/mol. The lowest BCUT2D eigenvalue weighted by Crippen LogP contribution is -2.28. The first-order chi connectivity index (χ1) is 8.20. The van der Waals surface area contributed by atoms with Crippen LogP contribution in [0, 0.1) is 6.92 Å². The third-order valence-corrected chi connectivity index (χ3v) is 2.94. The van der Waals surface area contributed by atoms with E-state index in [2.05, 4.69) is 19.2 Å². The number of hydrogen-bond acceptors (Lipinski definition) is 2. The van der Waals surface area contributed by atoms with E-state index in [0.717, 1.165) is 37.2 Å². The number of nitrogens with zero attached hydrogens (tertiary/aromatic N) is 1. The second-order valence-electron chi connectivity index (χ2n) is 4.49. The average Bonchev–Trinajstić information content (AvgIpc) is 2.32. The number of pyridine rings is 1. The van der Waals surface area contributed by atoms with E-state index in [0.29, 0.717) is 6.54 Å². The molecule has 1 rings (SSSR count). The Balaban J connectivity index is 2.73. The van der Waals surface area contributed by atoms with Gasteiger partial charge in [-0.05, 0) is 32.4 Å². The summed E-state index contributed by atoms with van der Waals surface area (Å²) in [6.45, 7) is 8.74. The van der Waals surface area contributed by atoms with Crippen molar-refractivity contribution >= 4 is 0 Å². The summed E-state index contributed by atoms with van der Waals surface area (Å²) in [5, 5.41) is 3.32. The third-order valence-electron chi connectivity index (χ3n) is 2.94. The molecule has 0 atom stereocenters. The van der Waals surface area contributed by atoms with Gasteiger partial charge in [-0.15, -0.1) is 0 Å². The Morgan fingerprint density at radius 2 is 2.00 bits per heavy atom. The Kier molecular flexibility index (Phi) is 5.98. The lowest BCUT2D eigenvalue weighted by atomic mass is 10.2. The standard InChI is InChI=1S/C14H24N2O/c1-4-6-9-15-11-13-8-7-12(3)16(10-5-2)14(13)17/h7-8,15H,4-6,9-11H2,1-3H3. The highest BCUT2D eigenvalue weighted by atomic mass is 16.1. The third kappa shape index (κ3) is 4.00. The minimum absolute atomic E-state index is 0.163. The van der Waals surface area contributed by atoms with Gasteiger partial charge < -0.3 is 9.88 Å². The van der Waals surface area contributed by atoms with Gasteiger partial charge in [0.1, 0.15) is 0 Å². The summed E-state index contributed by atoms with van der Waals surface area (Å²) in [6, 6.07) is 3.98. The lowest BCUT2D eigenvalue weighted by Gasteiger charge is -2.11. The quantitative estimate of drug-likeness (QED) is 0.738. The predicted molar refractivity (Wildman–Crippen MR) is 72.3 cm³/mol. The summed E-state index contributed by atoms with van der Waals surface area (Å²) in [5.74, 6) is 0. The molecule has 1 aromatic rings. The fourth-order valence-electron chi connectivity index (χ4n) is 1.88. The van der Waals surface area contributed by atoms with Crippen molar-refractivity contribution in [2.45, 2.75) is 53.1 Å². The molecule has 1 aromatic heterocycles. The Labute approximate surface area is 104 Å². The van der Waals surface area contributed by atoms with Crippen LogP contribution in [0.25, 0.3) is 0 Å². The molecule has 0 fully saturated rings. The SMILES string of the molecule is CCCCNCc1ccc(C)n(CCC)c1=O. The van der Waals surface area contributed by atoms with Crippen LogP contribution in [0.4, 0.5) is 0 Å². The maximum atomic E-state index is 12.2. The fourth-order valence-corrected chi connectivity index (χ4v) is 1.88. The molecule has 3 heteroatoms. The first-order valence-corrected chi connectivity index (χ1v) is 6.60. The minimum Gasteiger partial charge on any atom is -0.313 e. The molecule has 0 aliphatic heterocycles. The molecule has 0 spiro atoms. The van der Waals surface area contributed by atoms with Crippen LogP contribution in [0.3, 0.4) is 0 Å². The number of hydrogen-bond donors (Lipinski definition) is 1. The first-order valence-electron chi connectivity index (χ1n) is 6.60. The van der Waals surface area contributed by atoms with Gasteiger partial charge in [-0.3, -0.25) is 4.79 Å². The van der Waals surface area contributed by atoms with Gasteiger partial charge in [0.05, 0.1) is 0 Å². The Hall–Kier alpha value is -1.09. The van der Waals surface area contributed by atoms with Gasteiger partial charge in [-0.1, -0.05) is 26.3 Å². The maximum absolute atomic E-state index is 12.2. The maximum Gasteiger partial charge on any atom is 0.255 e. The largest absolute Gasteiger partial charge is 0.313 e. The second-order valence-corrected chi connectivity index (χ2v) is 4.49. The monoisotopic (exact) mass is 236 g/mol. The van der Waals surface area contributed by atoms with Crippen LogP contribution in [0.15, 0.2) is 16.9 Å². The van der Waals surface area contributed by atoms with Crippen LogP contribution in [-0.4, -0.2) is 11.1 Å². The summed E-state index contributed by atoms with van der Waals surface area (Å²) in [7, 11) is 0. The van der Waals surface area contributed by atoms with Crippen molar-refractivity contribution in [2.75, 3.05) is 6.54 Å². The molecule has 0 aliphatic rings. The van der Waals surface area contributed by atoms with Gasteiger partial charge in [-0.25, -0.2) is 0 Å². The lowest BCUT2D eigenvalue weighted by molar-refractivity contribution is 0.605. The van der Waals surface area contributed by atoms with Crippen LogP contribution in [-0.2, 0) is 13.1 Å². The van der Waals surface area contributed by atoms with E-state index in [-0.39, 0.29) is 5.56 Å². The Bertz CT molecular complexity index is 396. The molecule has 0 unspecified atom stereocenters. The van der Waals surface area contributed by atoms with Crippen LogP contribution in [0.5, 0.6) is 0 Å². The van der Waals surface area contributed by atoms with Crippen LogP contribution in [0.1, 0.15) is 44.4 Å². The van der Waals surface area contributed by atoms with Gasteiger partial charge in [0.25, 0.3) is 5.56 Å². The smallest absolute Gasteiger partial charge is 0.255 e. The number of rotatable bonds is 7. The normalized spacial score (nSPS) is 10.8. The highest BCUT2D eigenvalue weighted by molar-refractivity contribution is 5.15. The van der Waals surface area contributed by atoms with E-state index >= 15 is 0 Å². The van der Waals surface area contributed by atoms with Gasteiger partial charge in [-0.2, -0.15) is 0 Å². The number of unbranched alkanes of at least 4 members (excludes halogenated alkanes) is 1. The van der Waals surface area contributed by atoms with Gasteiger partial charge in [0.2, 0.25) is 0 Å². The van der Waals surface area contributed by atoms with E-state index in [1.54, 1.807) is 0 Å². The molecule has 96 valence electrons. The van der Waals surface area contributed by atoms with E-state index < -0.39 is 0 Å². The number of aryl methyl sites for hydroxylation is 1. The second kappa shape index (κ2) is 7.28. The van der Waals surface area contributed by atoms with E-state index in [9.17, 15) is 4.79 Å². The fraction of sp³-hybridized carbons (Fsp3) is 0.643. The molecule has 0 radical (unpaired) electrons. The van der Waals surface area contributed by atoms with Crippen molar-refractivity contribution in [2.24, 2.45) is 0 Å². The zero-order chi connectivity index (χ0) is 12.7. The molecular weight excluding hydrogens is 212 g/mol. The van der Waals surface area contributed by atoms with Crippen molar-refractivity contribution in [3.05, 3.63) is 33.7 Å². The van der Waals surface area contributed by atoms with Crippen molar-refractivity contribution in [3.63, 3.8) is 0 Å². The van der Waals surface area contributed by atoms with Gasteiger partial charge in [0, 0.05) is 24.3 Å². The Morgan fingerprint density at radius 3 is 2.65 bits per heavy atom. The zero-order valence-corrected chi connectivity index (χ0v) is 11.3. The Morgan fingerprint density at radius 1 is 1.24 bits per heavy atom. The van der Waals surface area contributed by atoms with Crippen molar-refractivity contribution in [1.82, 2.24) is 9.88 Å². The van der Waals surface area contributed by atoms with Crippen molar-refractivity contribution < 1.29 is 0 Å². The van der Waals surface area contributed by atoms with Crippen LogP contribution >= 0.6 is 0 Å². The minimum atomic E-state index is 0.163. The molecule has 0 amide bonds. The number of nitrogens with one attached hydrogen (secondary N) is 1. The van der Waals surface area contributed by atoms with E-state index in [4.69, 9.17) is 0 Å². The summed E-state index contributed by atoms with van der Waals surface area (Å²) in [4.78, 5) is 12.2. The molecule has 0 aliphatic carbocycles. The van der Waals surface area contributed by atoms with Gasteiger partial charge in [0.15, 0.2) is 0 Å². The van der Waals surface area contributed by atoms with E-state index in [1.807, 2.05) is 23.6 Å². The first kappa shape index (κ1) is 14.0. The van der Waals surface area contributed by atoms with Crippen molar-refractivity contribution in [3.8, 4) is 0 Å². The molecule has 17 heavy (non-hydrogen) atoms. The molecule has 0 bridgehead atoms.